The molecule has 3 aromatic rings. The number of furan rings is 1. The number of rotatable bonds is 8. The fourth-order valence-electron chi connectivity index (χ4n) is 2.98. The molecule has 8 nitrogen and oxygen atoms in total. The van der Waals surface area contributed by atoms with Crippen LogP contribution in [0.3, 0.4) is 0 Å². The zero-order valence-corrected chi connectivity index (χ0v) is 19.8. The molecule has 3 amide bonds. The lowest BCUT2D eigenvalue weighted by Crippen LogP contribution is -2.34. The third-order valence-corrected chi connectivity index (χ3v) is 5.06. The number of hydrogen-bond acceptors (Lipinski definition) is 5. The van der Waals surface area contributed by atoms with Crippen LogP contribution in [-0.4, -0.2) is 24.3 Å². The standard InChI is InChI=1S/C25H20Cl2N4O4/c26-18-11-19(27)13-20(12-18)31-25(34)24(33)30-15-22-7-6-21(35-22)10-17(14-28)23(32)29-9-8-16-4-2-1-3-5-16/h1-7,10-13H,8-9,15H2,(H,29,32)(H,30,33)(H,31,34)/b17-10-. The molecule has 0 saturated heterocycles. The van der Waals surface area contributed by atoms with Crippen LogP contribution in [0.5, 0.6) is 0 Å². The number of carbonyl (C=O) groups is 3. The van der Waals surface area contributed by atoms with Crippen molar-refractivity contribution in [3.63, 3.8) is 0 Å². The van der Waals surface area contributed by atoms with Crippen LogP contribution in [-0.2, 0) is 27.3 Å². The van der Waals surface area contributed by atoms with Gasteiger partial charge in [0, 0.05) is 28.4 Å². The summed E-state index contributed by atoms with van der Waals surface area (Å²) >= 11 is 11.7. The van der Waals surface area contributed by atoms with E-state index >= 15 is 0 Å². The second-order valence-electron chi connectivity index (χ2n) is 7.26. The number of benzene rings is 2. The molecule has 0 fully saturated rings. The quantitative estimate of drug-likeness (QED) is 0.239. The van der Waals surface area contributed by atoms with E-state index in [-0.39, 0.29) is 23.6 Å². The summed E-state index contributed by atoms with van der Waals surface area (Å²) in [6.07, 6.45) is 1.94. The third kappa shape index (κ3) is 8.03. The first kappa shape index (κ1) is 25.6. The Kier molecular flexibility index (Phi) is 9.07. The summed E-state index contributed by atoms with van der Waals surface area (Å²) < 4.78 is 5.53. The highest BCUT2D eigenvalue weighted by atomic mass is 35.5. The van der Waals surface area contributed by atoms with E-state index in [0.717, 1.165) is 5.56 Å². The Bertz CT molecular complexity index is 1280. The van der Waals surface area contributed by atoms with Crippen LogP contribution in [0.25, 0.3) is 6.08 Å². The van der Waals surface area contributed by atoms with E-state index in [2.05, 4.69) is 16.0 Å². The van der Waals surface area contributed by atoms with Crippen LogP contribution < -0.4 is 16.0 Å². The number of hydrogen-bond donors (Lipinski definition) is 3. The number of nitrogens with one attached hydrogen (secondary N) is 3. The Balaban J connectivity index is 1.50. The highest BCUT2D eigenvalue weighted by Crippen LogP contribution is 2.22. The van der Waals surface area contributed by atoms with E-state index in [1.165, 1.54) is 24.3 Å². The molecule has 10 heteroatoms. The second kappa shape index (κ2) is 12.4. The topological polar surface area (TPSA) is 124 Å². The van der Waals surface area contributed by atoms with Gasteiger partial charge in [-0.2, -0.15) is 5.26 Å². The van der Waals surface area contributed by atoms with Crippen molar-refractivity contribution in [1.29, 1.82) is 5.26 Å². The van der Waals surface area contributed by atoms with Crippen molar-refractivity contribution in [3.8, 4) is 6.07 Å². The lowest BCUT2D eigenvalue weighted by molar-refractivity contribution is -0.136. The maximum absolute atomic E-state index is 12.3. The molecular formula is C25H20Cl2N4O4. The summed E-state index contributed by atoms with van der Waals surface area (Å²) in [5.74, 6) is -1.75. The summed E-state index contributed by atoms with van der Waals surface area (Å²) in [5, 5.41) is 17.5. The molecule has 0 aliphatic heterocycles. The molecule has 0 aliphatic rings. The highest BCUT2D eigenvalue weighted by molar-refractivity contribution is 6.40. The van der Waals surface area contributed by atoms with Gasteiger partial charge >= 0.3 is 11.8 Å². The third-order valence-electron chi connectivity index (χ3n) is 4.63. The van der Waals surface area contributed by atoms with E-state index in [1.807, 2.05) is 36.4 Å². The number of anilines is 1. The summed E-state index contributed by atoms with van der Waals surface area (Å²) in [7, 11) is 0. The molecule has 1 heterocycles. The molecule has 3 rings (SSSR count). The van der Waals surface area contributed by atoms with Gasteiger partial charge in [-0.15, -0.1) is 0 Å². The van der Waals surface area contributed by atoms with Crippen LogP contribution in [0, 0.1) is 11.3 Å². The van der Waals surface area contributed by atoms with Gasteiger partial charge in [-0.1, -0.05) is 53.5 Å². The zero-order chi connectivity index (χ0) is 25.2. The maximum atomic E-state index is 12.3. The van der Waals surface area contributed by atoms with Gasteiger partial charge in [0.2, 0.25) is 0 Å². The van der Waals surface area contributed by atoms with Crippen LogP contribution in [0.2, 0.25) is 10.0 Å². The Hall–Kier alpha value is -4.06. The fraction of sp³-hybridized carbons (Fsp3) is 0.120. The van der Waals surface area contributed by atoms with Crippen LogP contribution in [0.4, 0.5) is 5.69 Å². The summed E-state index contributed by atoms with van der Waals surface area (Å²) in [6.45, 7) is 0.294. The molecule has 0 bridgehead atoms. The van der Waals surface area contributed by atoms with Crippen molar-refractivity contribution in [3.05, 3.63) is 93.4 Å². The minimum absolute atomic E-state index is 0.0818. The Labute approximate surface area is 211 Å². The normalized spacial score (nSPS) is 10.8. The van der Waals surface area contributed by atoms with Gasteiger partial charge < -0.3 is 20.4 Å². The first-order chi connectivity index (χ1) is 16.8. The van der Waals surface area contributed by atoms with Gasteiger partial charge in [-0.25, -0.2) is 0 Å². The first-order valence-corrected chi connectivity index (χ1v) is 11.2. The molecule has 2 aromatic carbocycles. The highest BCUT2D eigenvalue weighted by Gasteiger charge is 2.15. The smallest absolute Gasteiger partial charge is 0.313 e. The monoisotopic (exact) mass is 510 g/mol. The predicted molar refractivity (Wildman–Crippen MR) is 132 cm³/mol. The van der Waals surface area contributed by atoms with Crippen LogP contribution in [0.1, 0.15) is 17.1 Å². The van der Waals surface area contributed by atoms with E-state index in [9.17, 15) is 19.6 Å². The van der Waals surface area contributed by atoms with Crippen LogP contribution >= 0.6 is 23.2 Å². The minimum Gasteiger partial charge on any atom is -0.460 e. The van der Waals surface area contributed by atoms with Crippen molar-refractivity contribution in [2.45, 2.75) is 13.0 Å². The van der Waals surface area contributed by atoms with Crippen molar-refractivity contribution in [1.82, 2.24) is 10.6 Å². The van der Waals surface area contributed by atoms with Crippen molar-refractivity contribution >= 4 is 52.7 Å². The zero-order valence-electron chi connectivity index (χ0n) is 18.3. The number of carbonyl (C=O) groups excluding carboxylic acids is 3. The second-order valence-corrected chi connectivity index (χ2v) is 8.13. The molecule has 3 N–H and O–H groups in total. The number of halogens is 2. The lowest BCUT2D eigenvalue weighted by Gasteiger charge is -2.06. The minimum atomic E-state index is -0.908. The predicted octanol–water partition coefficient (Wildman–Crippen LogP) is 4.11. The SMILES string of the molecule is N#C/C(=C/c1ccc(CNC(=O)C(=O)Nc2cc(Cl)cc(Cl)c2)o1)C(=O)NCCc1ccccc1. The molecule has 0 aliphatic carbocycles. The molecule has 178 valence electrons. The van der Waals surface area contributed by atoms with Gasteiger partial charge in [0.25, 0.3) is 5.91 Å². The van der Waals surface area contributed by atoms with E-state index < -0.39 is 17.7 Å². The fourth-order valence-corrected chi connectivity index (χ4v) is 3.51. The number of nitrogens with zero attached hydrogens (tertiary/aromatic N) is 1. The average Bonchev–Trinajstić information content (AvgIpc) is 3.28. The van der Waals surface area contributed by atoms with E-state index in [1.54, 1.807) is 12.1 Å². The summed E-state index contributed by atoms with van der Waals surface area (Å²) in [5.41, 5.74) is 1.22. The average molecular weight is 511 g/mol. The van der Waals surface area contributed by atoms with E-state index in [0.29, 0.717) is 28.8 Å². The van der Waals surface area contributed by atoms with Gasteiger partial charge in [0.15, 0.2) is 0 Å². The molecule has 0 saturated carbocycles. The molecule has 0 spiro atoms. The van der Waals surface area contributed by atoms with Crippen molar-refractivity contribution in [2.75, 3.05) is 11.9 Å². The Morgan fingerprint density at radius 1 is 0.914 bits per heavy atom. The van der Waals surface area contributed by atoms with Gasteiger partial charge in [0.1, 0.15) is 23.2 Å². The largest absolute Gasteiger partial charge is 0.460 e. The van der Waals surface area contributed by atoms with Crippen molar-refractivity contribution in [2.24, 2.45) is 0 Å². The molecular weight excluding hydrogens is 491 g/mol. The lowest BCUT2D eigenvalue weighted by atomic mass is 10.1. The van der Waals surface area contributed by atoms with Crippen molar-refractivity contribution < 1.29 is 18.8 Å². The summed E-state index contributed by atoms with van der Waals surface area (Å²) in [6, 6.07) is 19.0. The van der Waals surface area contributed by atoms with E-state index in [4.69, 9.17) is 27.6 Å². The van der Waals surface area contributed by atoms with Gasteiger partial charge in [-0.05, 0) is 42.3 Å². The molecule has 0 atom stereocenters. The maximum Gasteiger partial charge on any atom is 0.313 e. The molecule has 0 radical (unpaired) electrons. The number of nitriles is 1. The molecule has 35 heavy (non-hydrogen) atoms. The van der Waals surface area contributed by atoms with Gasteiger partial charge in [-0.3, -0.25) is 14.4 Å². The summed E-state index contributed by atoms with van der Waals surface area (Å²) in [4.78, 5) is 36.4. The Morgan fingerprint density at radius 2 is 1.63 bits per heavy atom. The number of amides is 3. The molecule has 1 aromatic heterocycles. The van der Waals surface area contributed by atoms with Crippen LogP contribution in [0.15, 0.2) is 70.7 Å². The Morgan fingerprint density at radius 3 is 2.31 bits per heavy atom. The molecule has 0 unspecified atom stereocenters. The van der Waals surface area contributed by atoms with Gasteiger partial charge in [0.05, 0.1) is 6.54 Å². The first-order valence-electron chi connectivity index (χ1n) is 10.4.